The van der Waals surface area contributed by atoms with Crippen molar-refractivity contribution < 1.29 is 9.53 Å². The molecule has 0 saturated carbocycles. The number of benzene rings is 1. The van der Waals surface area contributed by atoms with Crippen molar-refractivity contribution >= 4 is 38.9 Å². The minimum Gasteiger partial charge on any atom is -0.367 e. The molecule has 1 aliphatic heterocycles. The zero-order valence-corrected chi connectivity index (χ0v) is 13.7. The number of alkyl halides is 1. The van der Waals surface area contributed by atoms with E-state index in [9.17, 15) is 4.79 Å². The molecule has 3 nitrogen and oxygen atoms in total. The molecule has 2 aromatic rings. The van der Waals surface area contributed by atoms with Gasteiger partial charge in [0.1, 0.15) is 0 Å². The van der Waals surface area contributed by atoms with Crippen molar-refractivity contribution in [3.8, 4) is 0 Å². The van der Waals surface area contributed by atoms with Crippen LogP contribution in [0.25, 0.3) is 10.1 Å². The van der Waals surface area contributed by atoms with Crippen LogP contribution in [-0.4, -0.2) is 41.5 Å². The number of carbonyl (C=O) groups excluding carboxylic acids is 1. The van der Waals surface area contributed by atoms with Crippen LogP contribution in [0.15, 0.2) is 30.3 Å². The molecule has 112 valence electrons. The van der Waals surface area contributed by atoms with Gasteiger partial charge in [-0.15, -0.1) is 22.9 Å². The molecule has 0 spiro atoms. The standard InChI is InChI=1S/C16H18ClNO2S/c1-16(2)10-18(9-12(8-17)20-16)15(19)14-7-11-5-3-4-6-13(11)21-14/h3-7,12H,8-10H2,1-2H3. The van der Waals surface area contributed by atoms with E-state index in [0.717, 1.165) is 15.0 Å². The van der Waals surface area contributed by atoms with Gasteiger partial charge in [-0.2, -0.15) is 0 Å². The lowest BCUT2D eigenvalue weighted by atomic mass is 10.1. The molecular weight excluding hydrogens is 306 g/mol. The first kappa shape index (κ1) is 14.8. The second kappa shape index (κ2) is 5.59. The molecule has 21 heavy (non-hydrogen) atoms. The highest BCUT2D eigenvalue weighted by Gasteiger charge is 2.35. The summed E-state index contributed by atoms with van der Waals surface area (Å²) in [6.07, 6.45) is -0.103. The quantitative estimate of drug-likeness (QED) is 0.788. The number of ether oxygens (including phenoxy) is 1. The van der Waals surface area contributed by atoms with Crippen LogP contribution in [-0.2, 0) is 4.74 Å². The maximum Gasteiger partial charge on any atom is 0.264 e. The van der Waals surface area contributed by atoms with Crippen molar-refractivity contribution in [2.24, 2.45) is 0 Å². The van der Waals surface area contributed by atoms with Gasteiger partial charge in [-0.25, -0.2) is 0 Å². The van der Waals surface area contributed by atoms with Gasteiger partial charge in [-0.05, 0) is 31.4 Å². The average Bonchev–Trinajstić information content (AvgIpc) is 2.88. The Morgan fingerprint density at radius 2 is 2.24 bits per heavy atom. The number of amides is 1. The zero-order valence-electron chi connectivity index (χ0n) is 12.1. The Morgan fingerprint density at radius 3 is 2.95 bits per heavy atom. The highest BCUT2D eigenvalue weighted by molar-refractivity contribution is 7.20. The average molecular weight is 324 g/mol. The summed E-state index contributed by atoms with van der Waals surface area (Å²) in [4.78, 5) is 15.4. The van der Waals surface area contributed by atoms with Crippen molar-refractivity contribution in [2.75, 3.05) is 19.0 Å². The number of carbonyl (C=O) groups is 1. The molecule has 1 aromatic heterocycles. The summed E-state index contributed by atoms with van der Waals surface area (Å²) in [6, 6.07) is 10.0. The molecule has 3 rings (SSSR count). The van der Waals surface area contributed by atoms with Gasteiger partial charge in [0, 0.05) is 17.8 Å². The smallest absolute Gasteiger partial charge is 0.264 e. The van der Waals surface area contributed by atoms with E-state index in [1.807, 2.05) is 49.1 Å². The topological polar surface area (TPSA) is 29.5 Å². The van der Waals surface area contributed by atoms with E-state index >= 15 is 0 Å². The number of nitrogens with zero attached hydrogens (tertiary/aromatic N) is 1. The molecule has 1 aromatic carbocycles. The van der Waals surface area contributed by atoms with Crippen LogP contribution in [0.3, 0.4) is 0 Å². The SMILES string of the molecule is CC1(C)CN(C(=O)c2cc3ccccc3s2)CC(CCl)O1. The molecule has 5 heteroatoms. The van der Waals surface area contributed by atoms with Crippen molar-refractivity contribution in [3.63, 3.8) is 0 Å². The molecule has 1 atom stereocenters. The lowest BCUT2D eigenvalue weighted by molar-refractivity contribution is -0.117. The van der Waals surface area contributed by atoms with Crippen LogP contribution in [0.1, 0.15) is 23.5 Å². The number of hydrogen-bond acceptors (Lipinski definition) is 3. The highest BCUT2D eigenvalue weighted by atomic mass is 35.5. The fourth-order valence-corrected chi connectivity index (χ4v) is 3.97. The van der Waals surface area contributed by atoms with Gasteiger partial charge in [0.15, 0.2) is 0 Å². The first-order valence-corrected chi connectivity index (χ1v) is 8.35. The number of morpholine rings is 1. The van der Waals surface area contributed by atoms with Crippen LogP contribution < -0.4 is 0 Å². The minimum absolute atomic E-state index is 0.0719. The fraction of sp³-hybridized carbons (Fsp3) is 0.438. The van der Waals surface area contributed by atoms with Gasteiger partial charge in [0.2, 0.25) is 0 Å². The molecule has 1 aliphatic rings. The third-order valence-electron chi connectivity index (χ3n) is 3.58. The Kier molecular flexibility index (Phi) is 3.95. The van der Waals surface area contributed by atoms with E-state index in [0.29, 0.717) is 19.0 Å². The van der Waals surface area contributed by atoms with E-state index in [1.54, 1.807) is 11.3 Å². The third-order valence-corrected chi connectivity index (χ3v) is 5.03. The molecule has 1 amide bonds. The Hall–Kier alpha value is -1.10. The van der Waals surface area contributed by atoms with Gasteiger partial charge in [0.05, 0.1) is 22.5 Å². The second-order valence-corrected chi connectivity index (χ2v) is 7.38. The summed E-state index contributed by atoms with van der Waals surface area (Å²) in [7, 11) is 0. The van der Waals surface area contributed by atoms with Gasteiger partial charge < -0.3 is 9.64 Å². The summed E-state index contributed by atoms with van der Waals surface area (Å²) in [6.45, 7) is 5.14. The molecule has 0 radical (unpaired) electrons. The lowest BCUT2D eigenvalue weighted by Crippen LogP contribution is -2.55. The molecule has 0 aliphatic carbocycles. The number of rotatable bonds is 2. The van der Waals surface area contributed by atoms with Gasteiger partial charge >= 0.3 is 0 Å². The molecule has 1 unspecified atom stereocenters. The maximum atomic E-state index is 12.8. The normalized spacial score (nSPS) is 21.7. The van der Waals surface area contributed by atoms with Crippen molar-refractivity contribution in [1.29, 1.82) is 0 Å². The predicted molar refractivity (Wildman–Crippen MR) is 87.4 cm³/mol. The molecule has 0 bridgehead atoms. The van der Waals surface area contributed by atoms with Crippen molar-refractivity contribution in [2.45, 2.75) is 25.6 Å². The monoisotopic (exact) mass is 323 g/mol. The lowest BCUT2D eigenvalue weighted by Gasteiger charge is -2.42. The molecule has 1 fully saturated rings. The number of thiophene rings is 1. The predicted octanol–water partition coefficient (Wildman–Crippen LogP) is 3.76. The molecular formula is C16H18ClNO2S. The Morgan fingerprint density at radius 1 is 1.48 bits per heavy atom. The van der Waals surface area contributed by atoms with Crippen LogP contribution in [0, 0.1) is 0 Å². The first-order valence-electron chi connectivity index (χ1n) is 7.00. The van der Waals surface area contributed by atoms with E-state index in [2.05, 4.69) is 0 Å². The molecule has 2 heterocycles. The number of halogens is 1. The fourth-order valence-electron chi connectivity index (χ4n) is 2.77. The Labute approximate surface area is 133 Å². The van der Waals surface area contributed by atoms with Gasteiger partial charge in [0.25, 0.3) is 5.91 Å². The van der Waals surface area contributed by atoms with E-state index < -0.39 is 0 Å². The third kappa shape index (κ3) is 3.07. The maximum absolute atomic E-state index is 12.8. The summed E-state index contributed by atoms with van der Waals surface area (Å²) in [5.41, 5.74) is -0.357. The summed E-state index contributed by atoms with van der Waals surface area (Å²) >= 11 is 7.47. The summed E-state index contributed by atoms with van der Waals surface area (Å²) in [5.74, 6) is 0.474. The van der Waals surface area contributed by atoms with Gasteiger partial charge in [-0.3, -0.25) is 4.79 Å². The van der Waals surface area contributed by atoms with Crippen molar-refractivity contribution in [1.82, 2.24) is 4.90 Å². The Balaban J connectivity index is 1.86. The molecule has 0 N–H and O–H groups in total. The van der Waals surface area contributed by atoms with Gasteiger partial charge in [-0.1, -0.05) is 18.2 Å². The highest BCUT2D eigenvalue weighted by Crippen LogP contribution is 2.29. The molecule has 1 saturated heterocycles. The number of fused-ring (bicyclic) bond motifs is 1. The minimum atomic E-state index is -0.357. The largest absolute Gasteiger partial charge is 0.367 e. The first-order chi connectivity index (χ1) is 9.98. The van der Waals surface area contributed by atoms with Crippen LogP contribution in [0.2, 0.25) is 0 Å². The van der Waals surface area contributed by atoms with Crippen LogP contribution in [0.4, 0.5) is 0 Å². The van der Waals surface area contributed by atoms with Crippen LogP contribution >= 0.6 is 22.9 Å². The zero-order chi connectivity index (χ0) is 15.0. The summed E-state index contributed by atoms with van der Waals surface area (Å²) in [5, 5.41) is 1.12. The number of hydrogen-bond donors (Lipinski definition) is 0. The van der Waals surface area contributed by atoms with Crippen molar-refractivity contribution in [3.05, 3.63) is 35.2 Å². The van der Waals surface area contributed by atoms with E-state index in [4.69, 9.17) is 16.3 Å². The second-order valence-electron chi connectivity index (χ2n) is 5.99. The Bertz CT molecular complexity index is 634. The van der Waals surface area contributed by atoms with Crippen LogP contribution in [0.5, 0.6) is 0 Å². The van der Waals surface area contributed by atoms with E-state index in [1.165, 1.54) is 0 Å². The van der Waals surface area contributed by atoms with E-state index in [-0.39, 0.29) is 17.6 Å². The summed E-state index contributed by atoms with van der Waals surface area (Å²) < 4.78 is 7.02.